The highest BCUT2D eigenvalue weighted by Crippen LogP contribution is 2.24. The summed E-state index contributed by atoms with van der Waals surface area (Å²) in [6.45, 7) is 1.20. The van der Waals surface area contributed by atoms with E-state index in [9.17, 15) is 14.4 Å². The Balaban J connectivity index is 1.39. The van der Waals surface area contributed by atoms with E-state index < -0.39 is 5.76 Å². The number of ketones is 1. The molecule has 0 saturated carbocycles. The Hall–Kier alpha value is -2.67. The molecule has 1 aliphatic rings. The summed E-state index contributed by atoms with van der Waals surface area (Å²) in [5.74, 6) is -0.471. The predicted molar refractivity (Wildman–Crippen MR) is 98.5 cm³/mol. The molecule has 134 valence electrons. The first-order chi connectivity index (χ1) is 12.6. The zero-order valence-electron chi connectivity index (χ0n) is 14.1. The molecule has 1 amide bonds. The molecule has 3 aromatic rings. The lowest BCUT2D eigenvalue weighted by molar-refractivity contribution is -0.131. The van der Waals surface area contributed by atoms with Crippen molar-refractivity contribution in [3.63, 3.8) is 0 Å². The van der Waals surface area contributed by atoms with Crippen LogP contribution in [0.2, 0.25) is 0 Å². The van der Waals surface area contributed by atoms with Crippen molar-refractivity contribution in [3.05, 3.63) is 56.7 Å². The molecule has 2 aromatic heterocycles. The van der Waals surface area contributed by atoms with Gasteiger partial charge in [-0.3, -0.25) is 14.6 Å². The normalized spacial score (nSPS) is 15.5. The number of carbonyl (C=O) groups excluding carboxylic acids is 2. The second-order valence-corrected chi connectivity index (χ2v) is 7.53. The van der Waals surface area contributed by atoms with Gasteiger partial charge < -0.3 is 9.32 Å². The summed E-state index contributed by atoms with van der Waals surface area (Å²) in [5, 5.41) is 1.97. The Morgan fingerprint density at radius 3 is 2.77 bits per heavy atom. The summed E-state index contributed by atoms with van der Waals surface area (Å²) in [7, 11) is 0. The zero-order chi connectivity index (χ0) is 18.1. The first kappa shape index (κ1) is 16.8. The molecular formula is C19H18N2O4S. The van der Waals surface area contributed by atoms with E-state index in [2.05, 4.69) is 4.98 Å². The van der Waals surface area contributed by atoms with E-state index in [0.29, 0.717) is 49.0 Å². The Bertz CT molecular complexity index is 994. The highest BCUT2D eigenvalue weighted by Gasteiger charge is 2.28. The molecule has 1 fully saturated rings. The first-order valence-corrected chi connectivity index (χ1v) is 9.45. The molecule has 0 radical (unpaired) electrons. The van der Waals surface area contributed by atoms with Crippen molar-refractivity contribution in [2.45, 2.75) is 19.3 Å². The maximum atomic E-state index is 12.8. The number of benzene rings is 1. The van der Waals surface area contributed by atoms with Crippen LogP contribution in [0.25, 0.3) is 11.1 Å². The lowest BCUT2D eigenvalue weighted by Gasteiger charge is -2.31. The standard InChI is InChI=1S/C19H18N2O4S/c22-17(11-14-2-1-9-26-14)21-7-5-12(6-8-21)18(23)13-3-4-15-16(10-13)25-19(24)20-15/h1-4,9-10,12H,5-8,11H2,(H,20,24). The summed E-state index contributed by atoms with van der Waals surface area (Å²) < 4.78 is 5.03. The van der Waals surface area contributed by atoms with Gasteiger partial charge in [0.05, 0.1) is 11.9 Å². The van der Waals surface area contributed by atoms with Gasteiger partial charge in [0.25, 0.3) is 0 Å². The van der Waals surface area contributed by atoms with Gasteiger partial charge in [-0.2, -0.15) is 0 Å². The van der Waals surface area contributed by atoms with Gasteiger partial charge in [-0.1, -0.05) is 6.07 Å². The van der Waals surface area contributed by atoms with Crippen LogP contribution >= 0.6 is 11.3 Å². The summed E-state index contributed by atoms with van der Waals surface area (Å²) in [5.41, 5.74) is 1.52. The van der Waals surface area contributed by atoms with Crippen LogP contribution in [0.1, 0.15) is 28.1 Å². The van der Waals surface area contributed by atoms with Crippen molar-refractivity contribution >= 4 is 34.1 Å². The number of likely N-dealkylation sites (tertiary alicyclic amines) is 1. The van der Waals surface area contributed by atoms with Crippen LogP contribution in [-0.4, -0.2) is 34.7 Å². The van der Waals surface area contributed by atoms with Crippen LogP contribution in [0.4, 0.5) is 0 Å². The number of hydrogen-bond donors (Lipinski definition) is 1. The van der Waals surface area contributed by atoms with Crippen LogP contribution < -0.4 is 5.76 Å². The Kier molecular flexibility index (Phi) is 4.46. The number of rotatable bonds is 4. The molecule has 0 spiro atoms. The van der Waals surface area contributed by atoms with E-state index >= 15 is 0 Å². The maximum Gasteiger partial charge on any atom is 0.417 e. The van der Waals surface area contributed by atoms with E-state index in [1.807, 2.05) is 22.4 Å². The fourth-order valence-electron chi connectivity index (χ4n) is 3.40. The number of aromatic amines is 1. The van der Waals surface area contributed by atoms with Crippen LogP contribution in [0.5, 0.6) is 0 Å². The average Bonchev–Trinajstić information content (AvgIpc) is 3.28. The van der Waals surface area contributed by atoms with Gasteiger partial charge in [0.2, 0.25) is 5.91 Å². The lowest BCUT2D eigenvalue weighted by atomic mass is 9.88. The summed E-state index contributed by atoms with van der Waals surface area (Å²) in [6, 6.07) is 8.93. The number of carbonyl (C=O) groups is 2. The predicted octanol–water partition coefficient (Wildman–Crippen LogP) is 2.85. The van der Waals surface area contributed by atoms with Gasteiger partial charge in [-0.15, -0.1) is 11.3 Å². The molecule has 26 heavy (non-hydrogen) atoms. The minimum absolute atomic E-state index is 0.0427. The van der Waals surface area contributed by atoms with Crippen LogP contribution in [0.15, 0.2) is 44.9 Å². The number of thiophene rings is 1. The topological polar surface area (TPSA) is 83.4 Å². The second kappa shape index (κ2) is 6.92. The average molecular weight is 370 g/mol. The van der Waals surface area contributed by atoms with Crippen LogP contribution in [0.3, 0.4) is 0 Å². The number of H-pyrrole nitrogens is 1. The summed E-state index contributed by atoms with van der Waals surface area (Å²) in [4.78, 5) is 41.8. The lowest BCUT2D eigenvalue weighted by Crippen LogP contribution is -2.40. The van der Waals surface area contributed by atoms with Gasteiger partial charge in [0, 0.05) is 29.4 Å². The molecular weight excluding hydrogens is 352 g/mol. The zero-order valence-corrected chi connectivity index (χ0v) is 14.9. The van der Waals surface area contributed by atoms with Gasteiger partial charge in [-0.25, -0.2) is 4.79 Å². The quantitative estimate of drug-likeness (QED) is 0.716. The third-order valence-corrected chi connectivity index (χ3v) is 5.71. The van der Waals surface area contributed by atoms with E-state index in [4.69, 9.17) is 4.42 Å². The van der Waals surface area contributed by atoms with Crippen LogP contribution in [0, 0.1) is 5.92 Å². The fraction of sp³-hybridized carbons (Fsp3) is 0.316. The van der Waals surface area contributed by atoms with E-state index in [-0.39, 0.29) is 17.6 Å². The van der Waals surface area contributed by atoms with Crippen LogP contribution in [-0.2, 0) is 11.2 Å². The molecule has 1 aromatic carbocycles. The minimum Gasteiger partial charge on any atom is -0.408 e. The first-order valence-electron chi connectivity index (χ1n) is 8.57. The number of nitrogens with one attached hydrogen (secondary N) is 1. The third-order valence-electron chi connectivity index (χ3n) is 4.83. The highest BCUT2D eigenvalue weighted by atomic mass is 32.1. The largest absolute Gasteiger partial charge is 0.417 e. The third kappa shape index (κ3) is 3.35. The van der Waals surface area contributed by atoms with Gasteiger partial charge in [0.15, 0.2) is 11.4 Å². The number of amides is 1. The van der Waals surface area contributed by atoms with Crippen molar-refractivity contribution in [1.29, 1.82) is 0 Å². The molecule has 3 heterocycles. The monoisotopic (exact) mass is 370 g/mol. The van der Waals surface area contributed by atoms with Gasteiger partial charge >= 0.3 is 5.76 Å². The number of piperidine rings is 1. The molecule has 0 bridgehead atoms. The maximum absolute atomic E-state index is 12.8. The fourth-order valence-corrected chi connectivity index (χ4v) is 4.10. The Labute approximate surface area is 153 Å². The molecule has 1 aliphatic heterocycles. The molecule has 6 nitrogen and oxygen atoms in total. The molecule has 1 N–H and O–H groups in total. The second-order valence-electron chi connectivity index (χ2n) is 6.50. The SMILES string of the molecule is O=C(c1ccc2[nH]c(=O)oc2c1)C1CCN(C(=O)Cc2cccs2)CC1. The highest BCUT2D eigenvalue weighted by molar-refractivity contribution is 7.10. The number of fused-ring (bicyclic) bond motifs is 1. The molecule has 0 atom stereocenters. The number of aromatic nitrogens is 1. The molecule has 0 aliphatic carbocycles. The van der Waals surface area contributed by atoms with Gasteiger partial charge in [-0.05, 0) is 42.5 Å². The van der Waals surface area contributed by atoms with E-state index in [1.165, 1.54) is 0 Å². The van der Waals surface area contributed by atoms with E-state index in [1.54, 1.807) is 29.5 Å². The van der Waals surface area contributed by atoms with Crippen molar-refractivity contribution in [3.8, 4) is 0 Å². The molecule has 0 unspecified atom stereocenters. The molecule has 4 rings (SSSR count). The minimum atomic E-state index is -0.526. The Morgan fingerprint density at radius 2 is 2.04 bits per heavy atom. The summed E-state index contributed by atoms with van der Waals surface area (Å²) >= 11 is 1.59. The van der Waals surface area contributed by atoms with E-state index in [0.717, 1.165) is 4.88 Å². The van der Waals surface area contributed by atoms with Gasteiger partial charge in [0.1, 0.15) is 0 Å². The van der Waals surface area contributed by atoms with Crippen molar-refractivity contribution in [2.24, 2.45) is 5.92 Å². The van der Waals surface area contributed by atoms with Crippen molar-refractivity contribution in [1.82, 2.24) is 9.88 Å². The number of oxazole rings is 1. The number of nitrogens with zero attached hydrogens (tertiary/aromatic N) is 1. The molecule has 7 heteroatoms. The smallest absolute Gasteiger partial charge is 0.408 e. The summed E-state index contributed by atoms with van der Waals surface area (Å²) in [6.07, 6.45) is 1.74. The van der Waals surface area contributed by atoms with Crippen molar-refractivity contribution < 1.29 is 14.0 Å². The number of Topliss-reactive ketones (excluding diaryl/α,β-unsaturated/α-hetero) is 1. The number of hydrogen-bond acceptors (Lipinski definition) is 5. The Morgan fingerprint density at radius 1 is 1.23 bits per heavy atom. The molecule has 1 saturated heterocycles. The van der Waals surface area contributed by atoms with Crippen molar-refractivity contribution in [2.75, 3.05) is 13.1 Å².